The second kappa shape index (κ2) is 9.06. The number of benzene rings is 2. The van der Waals surface area contributed by atoms with Gasteiger partial charge in [0.15, 0.2) is 16.7 Å². The van der Waals surface area contributed by atoms with Gasteiger partial charge in [-0.25, -0.2) is 4.39 Å². The lowest BCUT2D eigenvalue weighted by atomic mass is 10.2. The molecule has 0 saturated heterocycles. The number of aromatic nitrogens is 4. The Hall–Kier alpha value is -3.23. The van der Waals surface area contributed by atoms with Crippen LogP contribution in [0.1, 0.15) is 11.1 Å². The van der Waals surface area contributed by atoms with Crippen LogP contribution in [0.15, 0.2) is 73.1 Å². The van der Waals surface area contributed by atoms with Crippen molar-refractivity contribution in [1.82, 2.24) is 19.6 Å². The number of nitrogens with zero attached hydrogens (tertiary/aromatic N) is 4. The Bertz CT molecular complexity index is 1170. The van der Waals surface area contributed by atoms with E-state index in [1.54, 1.807) is 39.8 Å². The zero-order valence-corrected chi connectivity index (χ0v) is 17.4. The average Bonchev–Trinajstić information content (AvgIpc) is 3.33. The van der Waals surface area contributed by atoms with Crippen LogP contribution in [0.4, 0.5) is 16.0 Å². The smallest absolute Gasteiger partial charge is 0.177 e. The van der Waals surface area contributed by atoms with Gasteiger partial charge in [-0.1, -0.05) is 41.9 Å². The molecule has 152 valence electrons. The highest BCUT2D eigenvalue weighted by Gasteiger charge is 2.07. The summed E-state index contributed by atoms with van der Waals surface area (Å²) < 4.78 is 17.2. The SMILES string of the molecule is Fc1ccccc1Cn1ccc(NC(=S)Nc2ccn(Cc3cccc(Cl)c3)n2)n1. The fraction of sp³-hybridized carbons (Fsp3) is 0.0952. The molecule has 0 bridgehead atoms. The van der Waals surface area contributed by atoms with Gasteiger partial charge in [-0.3, -0.25) is 9.36 Å². The second-order valence-corrected chi connectivity index (χ2v) is 7.44. The van der Waals surface area contributed by atoms with Gasteiger partial charge in [0, 0.05) is 35.1 Å². The van der Waals surface area contributed by atoms with Crippen molar-refractivity contribution < 1.29 is 4.39 Å². The van der Waals surface area contributed by atoms with Gasteiger partial charge in [-0.15, -0.1) is 0 Å². The lowest BCUT2D eigenvalue weighted by Gasteiger charge is -2.07. The highest BCUT2D eigenvalue weighted by molar-refractivity contribution is 7.80. The molecule has 9 heteroatoms. The molecule has 0 spiro atoms. The lowest BCUT2D eigenvalue weighted by molar-refractivity contribution is 0.586. The quantitative estimate of drug-likeness (QED) is 0.423. The molecule has 2 aromatic carbocycles. The number of halogens is 2. The highest BCUT2D eigenvalue weighted by atomic mass is 35.5. The van der Waals surface area contributed by atoms with Gasteiger partial charge in [0.05, 0.1) is 13.1 Å². The van der Waals surface area contributed by atoms with Crippen molar-refractivity contribution in [3.05, 3.63) is 95.0 Å². The van der Waals surface area contributed by atoms with Gasteiger partial charge >= 0.3 is 0 Å². The third-order valence-electron chi connectivity index (χ3n) is 4.29. The maximum atomic E-state index is 13.8. The van der Waals surface area contributed by atoms with E-state index in [4.69, 9.17) is 23.8 Å². The van der Waals surface area contributed by atoms with Gasteiger partial charge in [-0.05, 0) is 36.0 Å². The van der Waals surface area contributed by atoms with Crippen LogP contribution in [0.2, 0.25) is 5.02 Å². The molecular weight excluding hydrogens is 423 g/mol. The van der Waals surface area contributed by atoms with Crippen molar-refractivity contribution in [2.75, 3.05) is 10.6 Å². The fourth-order valence-corrected chi connectivity index (χ4v) is 3.34. The van der Waals surface area contributed by atoms with E-state index in [0.29, 0.717) is 40.4 Å². The molecule has 0 saturated carbocycles. The molecule has 0 radical (unpaired) electrons. The van der Waals surface area contributed by atoms with Crippen molar-refractivity contribution in [2.24, 2.45) is 0 Å². The molecular formula is C21H18ClFN6S. The van der Waals surface area contributed by atoms with Crippen LogP contribution in [-0.4, -0.2) is 24.7 Å². The molecule has 30 heavy (non-hydrogen) atoms. The summed E-state index contributed by atoms with van der Waals surface area (Å²) in [5, 5.41) is 15.9. The number of nitrogens with one attached hydrogen (secondary N) is 2. The topological polar surface area (TPSA) is 59.7 Å². The van der Waals surface area contributed by atoms with Crippen LogP contribution in [0.5, 0.6) is 0 Å². The zero-order chi connectivity index (χ0) is 20.9. The number of anilines is 2. The Kier molecular flexibility index (Phi) is 6.06. The van der Waals surface area contributed by atoms with E-state index in [-0.39, 0.29) is 5.82 Å². The summed E-state index contributed by atoms with van der Waals surface area (Å²) in [4.78, 5) is 0. The monoisotopic (exact) mass is 440 g/mol. The van der Waals surface area contributed by atoms with E-state index in [1.165, 1.54) is 6.07 Å². The molecule has 0 unspecified atom stereocenters. The standard InChI is InChI=1S/C21H18ClFN6S/c22-17-6-3-4-15(12-17)13-28-10-8-19(26-28)24-21(30)25-20-9-11-29(27-20)14-16-5-1-2-7-18(16)23/h1-12H,13-14H2,(H2,24,25,26,27,30). The third kappa shape index (κ3) is 5.22. The normalized spacial score (nSPS) is 10.7. The summed E-state index contributed by atoms with van der Waals surface area (Å²) >= 11 is 11.4. The minimum Gasteiger partial charge on any atom is -0.316 e. The van der Waals surface area contributed by atoms with Gasteiger partial charge in [0.1, 0.15) is 5.82 Å². The fourth-order valence-electron chi connectivity index (χ4n) is 2.92. The molecule has 2 heterocycles. The summed E-state index contributed by atoms with van der Waals surface area (Å²) in [6, 6.07) is 17.9. The Morgan fingerprint density at radius 2 is 1.57 bits per heavy atom. The molecule has 0 atom stereocenters. The van der Waals surface area contributed by atoms with Crippen molar-refractivity contribution in [3.63, 3.8) is 0 Å². The first-order valence-corrected chi connectivity index (χ1v) is 9.96. The molecule has 2 N–H and O–H groups in total. The van der Waals surface area contributed by atoms with Crippen LogP contribution < -0.4 is 10.6 Å². The predicted octanol–water partition coefficient (Wildman–Crippen LogP) is 4.78. The summed E-state index contributed by atoms with van der Waals surface area (Å²) in [6.45, 7) is 0.936. The van der Waals surface area contributed by atoms with Crippen molar-refractivity contribution in [1.29, 1.82) is 0 Å². The van der Waals surface area contributed by atoms with Crippen LogP contribution in [0.3, 0.4) is 0 Å². The maximum absolute atomic E-state index is 13.8. The summed E-state index contributed by atoms with van der Waals surface area (Å²) in [5.41, 5.74) is 1.62. The van der Waals surface area contributed by atoms with E-state index < -0.39 is 0 Å². The molecule has 0 aliphatic rings. The van der Waals surface area contributed by atoms with E-state index in [2.05, 4.69) is 20.8 Å². The maximum Gasteiger partial charge on any atom is 0.177 e. The molecule has 0 amide bonds. The number of hydrogen-bond donors (Lipinski definition) is 2. The Morgan fingerprint density at radius 3 is 2.23 bits per heavy atom. The zero-order valence-electron chi connectivity index (χ0n) is 15.8. The third-order valence-corrected chi connectivity index (χ3v) is 4.73. The molecule has 0 aliphatic heterocycles. The van der Waals surface area contributed by atoms with Crippen molar-refractivity contribution in [3.8, 4) is 0 Å². The van der Waals surface area contributed by atoms with E-state index in [9.17, 15) is 4.39 Å². The summed E-state index contributed by atoms with van der Waals surface area (Å²) in [6.07, 6.45) is 3.62. The molecule has 4 aromatic rings. The van der Waals surface area contributed by atoms with Gasteiger partial charge < -0.3 is 10.6 Å². The summed E-state index contributed by atoms with van der Waals surface area (Å²) in [5.74, 6) is 0.913. The minimum absolute atomic E-state index is 0.256. The Morgan fingerprint density at radius 1 is 0.900 bits per heavy atom. The Labute approximate surface area is 183 Å². The van der Waals surface area contributed by atoms with E-state index in [0.717, 1.165) is 5.56 Å². The first kappa shape index (κ1) is 20.1. The van der Waals surface area contributed by atoms with Crippen LogP contribution >= 0.6 is 23.8 Å². The molecule has 2 aromatic heterocycles. The molecule has 6 nitrogen and oxygen atoms in total. The van der Waals surface area contributed by atoms with E-state index >= 15 is 0 Å². The first-order chi connectivity index (χ1) is 14.5. The first-order valence-electron chi connectivity index (χ1n) is 9.18. The van der Waals surface area contributed by atoms with Crippen LogP contribution in [-0.2, 0) is 13.1 Å². The molecule has 4 rings (SSSR count). The van der Waals surface area contributed by atoms with Gasteiger partial charge in [0.25, 0.3) is 0 Å². The molecule has 0 aliphatic carbocycles. The van der Waals surface area contributed by atoms with E-state index in [1.807, 2.05) is 36.5 Å². The number of thiocarbonyl (C=S) groups is 1. The lowest BCUT2D eigenvalue weighted by Crippen LogP contribution is -2.20. The Balaban J connectivity index is 1.32. The van der Waals surface area contributed by atoms with Crippen LogP contribution in [0, 0.1) is 5.82 Å². The largest absolute Gasteiger partial charge is 0.316 e. The predicted molar refractivity (Wildman–Crippen MR) is 120 cm³/mol. The van der Waals surface area contributed by atoms with Crippen LogP contribution in [0.25, 0.3) is 0 Å². The summed E-state index contributed by atoms with van der Waals surface area (Å²) in [7, 11) is 0. The van der Waals surface area contributed by atoms with Crippen molar-refractivity contribution >= 4 is 40.6 Å². The van der Waals surface area contributed by atoms with Gasteiger partial charge in [0.2, 0.25) is 0 Å². The second-order valence-electron chi connectivity index (χ2n) is 6.60. The highest BCUT2D eigenvalue weighted by Crippen LogP contribution is 2.13. The van der Waals surface area contributed by atoms with Gasteiger partial charge in [-0.2, -0.15) is 10.2 Å². The molecule has 0 fully saturated rings. The minimum atomic E-state index is -0.256. The number of hydrogen-bond acceptors (Lipinski definition) is 3. The number of rotatable bonds is 6. The van der Waals surface area contributed by atoms with Crippen molar-refractivity contribution in [2.45, 2.75) is 13.1 Å². The average molecular weight is 441 g/mol.